The van der Waals surface area contributed by atoms with Crippen molar-refractivity contribution in [3.05, 3.63) is 85.8 Å². The maximum Gasteiger partial charge on any atom is 0.350 e. The smallest absolute Gasteiger partial charge is 0.350 e. The average Bonchev–Trinajstić information content (AvgIpc) is 3.33. The molecule has 0 spiro atoms. The average molecular weight is 565 g/mol. The summed E-state index contributed by atoms with van der Waals surface area (Å²) in [4.78, 5) is 61.8. The molecule has 0 saturated heterocycles. The first-order valence-corrected chi connectivity index (χ1v) is 13.0. The molecule has 2 N–H and O–H groups in total. The molecule has 40 heavy (non-hydrogen) atoms. The number of hydrogen-bond donors (Lipinski definition) is 2. The number of fused-ring (bicyclic) bond motifs is 1. The number of aryl methyl sites for hydroxylation is 1. The molecule has 1 aliphatic carbocycles. The van der Waals surface area contributed by atoms with Crippen LogP contribution in [0, 0.1) is 10.1 Å². The molecular weight excluding hydrogens is 540 g/mol. The third kappa shape index (κ3) is 6.04. The van der Waals surface area contributed by atoms with Crippen LogP contribution in [0.25, 0.3) is 0 Å². The number of nitrogens with zero attached hydrogens (tertiary/aromatic N) is 2. The molecule has 0 unspecified atom stereocenters. The van der Waals surface area contributed by atoms with E-state index in [1.54, 1.807) is 18.2 Å². The Bertz CT molecular complexity index is 1540. The van der Waals surface area contributed by atoms with Gasteiger partial charge in [-0.05, 0) is 56.4 Å². The molecule has 13 heteroatoms. The zero-order chi connectivity index (χ0) is 28.8. The summed E-state index contributed by atoms with van der Waals surface area (Å²) in [5.41, 5.74) is 3.10. The highest BCUT2D eigenvalue weighted by Gasteiger charge is 2.28. The summed E-state index contributed by atoms with van der Waals surface area (Å²) < 4.78 is 10.3. The Hall–Kier alpha value is -4.91. The third-order valence-corrected chi connectivity index (χ3v) is 7.33. The third-order valence-electron chi connectivity index (χ3n) is 6.12. The summed E-state index contributed by atoms with van der Waals surface area (Å²) in [7, 11) is 1.25. The fraction of sp³-hybridized carbons (Fsp3) is 0.222. The Morgan fingerprint density at radius 3 is 2.35 bits per heavy atom. The van der Waals surface area contributed by atoms with Crippen LogP contribution in [0.4, 0.5) is 10.7 Å². The Morgan fingerprint density at radius 1 is 0.950 bits per heavy atom. The summed E-state index contributed by atoms with van der Waals surface area (Å²) >= 11 is 1.24. The van der Waals surface area contributed by atoms with Crippen LogP contribution in [0.2, 0.25) is 0 Å². The van der Waals surface area contributed by atoms with Gasteiger partial charge in [0.2, 0.25) is 0 Å². The fourth-order valence-electron chi connectivity index (χ4n) is 4.19. The minimum absolute atomic E-state index is 0.0393. The van der Waals surface area contributed by atoms with E-state index in [4.69, 9.17) is 9.47 Å². The molecule has 4 rings (SSSR count). The molecular formula is C27H24N4O8S. The highest BCUT2D eigenvalue weighted by Crippen LogP contribution is 2.38. The molecule has 1 aliphatic rings. The van der Waals surface area contributed by atoms with Crippen molar-refractivity contribution in [3.63, 3.8) is 0 Å². The number of ether oxygens (including phenoxy) is 2. The molecule has 0 aliphatic heterocycles. The Kier molecular flexibility index (Phi) is 8.64. The molecule has 206 valence electrons. The zero-order valence-electron chi connectivity index (χ0n) is 21.5. The Labute approximate surface area is 232 Å². The maximum absolute atomic E-state index is 12.7. The second kappa shape index (κ2) is 12.3. The molecule has 1 aromatic heterocycles. The Balaban J connectivity index is 1.48. The van der Waals surface area contributed by atoms with Crippen LogP contribution in [0.15, 0.2) is 53.6 Å². The van der Waals surface area contributed by atoms with Gasteiger partial charge < -0.3 is 14.8 Å². The van der Waals surface area contributed by atoms with E-state index in [1.807, 2.05) is 0 Å². The van der Waals surface area contributed by atoms with Crippen LogP contribution in [-0.4, -0.2) is 41.5 Å². The van der Waals surface area contributed by atoms with E-state index >= 15 is 0 Å². The van der Waals surface area contributed by atoms with E-state index < -0.39 is 34.4 Å². The molecule has 2 amide bonds. The zero-order valence-corrected chi connectivity index (χ0v) is 22.3. The van der Waals surface area contributed by atoms with Gasteiger partial charge in [0.1, 0.15) is 16.3 Å². The summed E-state index contributed by atoms with van der Waals surface area (Å²) in [5, 5.41) is 18.0. The first-order chi connectivity index (χ1) is 19.2. The lowest BCUT2D eigenvalue weighted by Gasteiger charge is -2.11. The van der Waals surface area contributed by atoms with Crippen LogP contribution in [0.1, 0.15) is 56.5 Å². The van der Waals surface area contributed by atoms with Crippen LogP contribution >= 0.6 is 11.3 Å². The second-order valence-corrected chi connectivity index (χ2v) is 9.76. The van der Waals surface area contributed by atoms with Crippen molar-refractivity contribution in [1.82, 2.24) is 5.43 Å². The van der Waals surface area contributed by atoms with Crippen molar-refractivity contribution in [2.45, 2.75) is 32.6 Å². The van der Waals surface area contributed by atoms with Crippen molar-refractivity contribution >= 4 is 51.5 Å². The SMILES string of the molecule is COC(=O)c1c(NC(=O)C(=O)NN=C(C)c2ccccc2OC(=O)c2ccccc2[N+](=O)[O-])sc2c1CCCC2. The molecule has 2 aromatic carbocycles. The van der Waals surface area contributed by atoms with E-state index in [2.05, 4.69) is 15.8 Å². The van der Waals surface area contributed by atoms with E-state index in [-0.39, 0.29) is 27.6 Å². The summed E-state index contributed by atoms with van der Waals surface area (Å²) in [6, 6.07) is 11.6. The van der Waals surface area contributed by atoms with Gasteiger partial charge in [-0.15, -0.1) is 11.3 Å². The van der Waals surface area contributed by atoms with E-state index in [9.17, 15) is 29.3 Å². The van der Waals surface area contributed by atoms with Crippen molar-refractivity contribution < 1.29 is 33.6 Å². The number of thiophene rings is 1. The summed E-state index contributed by atoms with van der Waals surface area (Å²) in [6.45, 7) is 1.51. The molecule has 0 fully saturated rings. The second-order valence-electron chi connectivity index (χ2n) is 8.66. The topological polar surface area (TPSA) is 166 Å². The number of hydrazone groups is 1. The number of benzene rings is 2. The summed E-state index contributed by atoms with van der Waals surface area (Å²) in [6.07, 6.45) is 3.34. The van der Waals surface area contributed by atoms with Crippen molar-refractivity contribution in [3.8, 4) is 5.75 Å². The van der Waals surface area contributed by atoms with Crippen molar-refractivity contribution in [2.24, 2.45) is 5.10 Å². The van der Waals surface area contributed by atoms with Gasteiger partial charge in [0, 0.05) is 16.5 Å². The largest absolute Gasteiger partial charge is 0.465 e. The van der Waals surface area contributed by atoms with Crippen LogP contribution in [0.3, 0.4) is 0 Å². The number of nitrogens with one attached hydrogen (secondary N) is 2. The van der Waals surface area contributed by atoms with Gasteiger partial charge >= 0.3 is 23.8 Å². The number of methoxy groups -OCH3 is 1. The highest BCUT2D eigenvalue weighted by molar-refractivity contribution is 7.17. The molecule has 0 saturated carbocycles. The van der Waals surface area contributed by atoms with Crippen LogP contribution in [0.5, 0.6) is 5.75 Å². The van der Waals surface area contributed by atoms with Gasteiger partial charge in [0.15, 0.2) is 0 Å². The number of amides is 2. The van der Waals surface area contributed by atoms with Crippen LogP contribution < -0.4 is 15.5 Å². The van der Waals surface area contributed by atoms with E-state index in [0.717, 1.165) is 29.7 Å². The molecule has 0 bridgehead atoms. The Morgan fingerprint density at radius 2 is 1.62 bits per heavy atom. The normalized spacial score (nSPS) is 12.6. The first-order valence-electron chi connectivity index (χ1n) is 12.1. The monoisotopic (exact) mass is 564 g/mol. The van der Waals surface area contributed by atoms with E-state index in [0.29, 0.717) is 12.0 Å². The van der Waals surface area contributed by atoms with Gasteiger partial charge in [-0.3, -0.25) is 19.7 Å². The van der Waals surface area contributed by atoms with Gasteiger partial charge in [-0.1, -0.05) is 24.3 Å². The number of rotatable bonds is 7. The van der Waals surface area contributed by atoms with Gasteiger partial charge in [-0.25, -0.2) is 15.0 Å². The first kappa shape index (κ1) is 28.1. The van der Waals surface area contributed by atoms with Gasteiger partial charge in [0.25, 0.3) is 5.69 Å². The van der Waals surface area contributed by atoms with Crippen molar-refractivity contribution in [1.29, 1.82) is 0 Å². The lowest BCUT2D eigenvalue weighted by atomic mass is 9.95. The number of carbonyl (C=O) groups excluding carboxylic acids is 4. The number of esters is 2. The molecule has 0 atom stereocenters. The van der Waals surface area contributed by atoms with Gasteiger partial charge in [0.05, 0.1) is 23.3 Å². The maximum atomic E-state index is 12.7. The van der Waals surface area contributed by atoms with E-state index in [1.165, 1.54) is 55.7 Å². The number of carbonyl (C=O) groups is 4. The number of nitro groups is 1. The van der Waals surface area contributed by atoms with Gasteiger partial charge in [-0.2, -0.15) is 5.10 Å². The minimum Gasteiger partial charge on any atom is -0.465 e. The van der Waals surface area contributed by atoms with Crippen molar-refractivity contribution in [2.75, 3.05) is 12.4 Å². The summed E-state index contributed by atoms with van der Waals surface area (Å²) in [5.74, 6) is -3.61. The molecule has 12 nitrogen and oxygen atoms in total. The molecule has 1 heterocycles. The highest BCUT2D eigenvalue weighted by atomic mass is 32.1. The predicted octanol–water partition coefficient (Wildman–Crippen LogP) is 4.02. The lowest BCUT2D eigenvalue weighted by Crippen LogP contribution is -2.33. The number of anilines is 1. The quantitative estimate of drug-likeness (QED) is 0.108. The number of nitro benzene ring substituents is 1. The molecule has 3 aromatic rings. The predicted molar refractivity (Wildman–Crippen MR) is 146 cm³/mol. The number of para-hydroxylation sites is 2. The van der Waals surface area contributed by atoms with Crippen LogP contribution in [-0.2, 0) is 27.2 Å². The lowest BCUT2D eigenvalue weighted by molar-refractivity contribution is -0.385. The number of hydrogen-bond acceptors (Lipinski definition) is 10. The molecule has 0 radical (unpaired) electrons. The fourth-order valence-corrected chi connectivity index (χ4v) is 5.46. The standard InChI is InChI=1S/C27H24N4O8S/c1-15(16-9-4-7-13-20(16)39-26(34)17-10-3-6-12-19(17)31(36)37)29-30-24(33)23(32)28-25-22(27(35)38-2)18-11-5-8-14-21(18)40-25/h3-4,6-7,9-10,12-13H,5,8,11,14H2,1-2H3,(H,28,32)(H,30,33). The minimum atomic E-state index is -1.09.